The van der Waals surface area contributed by atoms with Crippen molar-refractivity contribution < 1.29 is 28.6 Å². The summed E-state index contributed by atoms with van der Waals surface area (Å²) in [6, 6.07) is 8.33. The van der Waals surface area contributed by atoms with Crippen LogP contribution in [0, 0.1) is 5.92 Å². The molecule has 1 N–H and O–H groups in total. The van der Waals surface area contributed by atoms with E-state index in [-0.39, 0.29) is 29.1 Å². The lowest BCUT2D eigenvalue weighted by molar-refractivity contribution is -0.120. The van der Waals surface area contributed by atoms with Crippen LogP contribution in [0.3, 0.4) is 0 Å². The van der Waals surface area contributed by atoms with Crippen LogP contribution in [0.1, 0.15) is 52.0 Å². The minimum absolute atomic E-state index is 0.00393. The number of benzene rings is 2. The Hall–Kier alpha value is -3.35. The Morgan fingerprint density at radius 2 is 1.87 bits per heavy atom. The first kappa shape index (κ1) is 21.4. The van der Waals surface area contributed by atoms with Gasteiger partial charge in [-0.25, -0.2) is 0 Å². The lowest BCUT2D eigenvalue weighted by Gasteiger charge is -2.15. The molecule has 1 saturated carbocycles. The molecule has 2 atom stereocenters. The molecule has 0 radical (unpaired) electrons. The first-order valence-electron chi connectivity index (χ1n) is 9.70. The van der Waals surface area contributed by atoms with Crippen molar-refractivity contribution in [2.45, 2.75) is 25.7 Å². The first-order chi connectivity index (χ1) is 14.5. The molecule has 1 fully saturated rings. The highest BCUT2D eigenvalue weighted by Gasteiger charge is 2.44. The van der Waals surface area contributed by atoms with E-state index >= 15 is 0 Å². The van der Waals surface area contributed by atoms with Crippen LogP contribution in [0.25, 0.3) is 0 Å². The zero-order valence-electron chi connectivity index (χ0n) is 17.5. The fourth-order valence-corrected chi connectivity index (χ4v) is 3.69. The molecular formula is C23H25NO6. The number of hydrogen-bond acceptors (Lipinski definition) is 6. The van der Waals surface area contributed by atoms with Gasteiger partial charge in [0, 0.05) is 29.7 Å². The molecule has 2 aromatic rings. The maximum absolute atomic E-state index is 13.1. The van der Waals surface area contributed by atoms with Crippen molar-refractivity contribution in [3.63, 3.8) is 0 Å². The number of ketones is 1. The Morgan fingerprint density at radius 3 is 2.47 bits per heavy atom. The van der Waals surface area contributed by atoms with Crippen LogP contribution < -0.4 is 19.5 Å². The van der Waals surface area contributed by atoms with E-state index in [4.69, 9.17) is 14.2 Å². The highest BCUT2D eigenvalue weighted by Crippen LogP contribution is 2.50. The van der Waals surface area contributed by atoms with E-state index in [1.165, 1.54) is 20.3 Å². The van der Waals surface area contributed by atoms with Crippen molar-refractivity contribution in [2.24, 2.45) is 5.92 Å². The Balaban J connectivity index is 1.93. The summed E-state index contributed by atoms with van der Waals surface area (Å²) >= 11 is 0. The highest BCUT2D eigenvalue weighted by molar-refractivity contribution is 6.06. The second kappa shape index (κ2) is 8.98. The number of ether oxygens (including phenoxy) is 3. The molecule has 0 aliphatic heterocycles. The number of carbonyl (C=O) groups excluding carboxylic acids is 3. The number of carbonyl (C=O) groups is 3. The van der Waals surface area contributed by atoms with Crippen LogP contribution >= 0.6 is 0 Å². The number of methoxy groups -OCH3 is 3. The number of hydrogen-bond donors (Lipinski definition) is 1. The van der Waals surface area contributed by atoms with Crippen molar-refractivity contribution in [1.82, 2.24) is 0 Å². The van der Waals surface area contributed by atoms with Gasteiger partial charge in [0.15, 0.2) is 17.8 Å². The number of rotatable bonds is 9. The number of anilines is 1. The smallest absolute Gasteiger partial charge is 0.255 e. The second-order valence-corrected chi connectivity index (χ2v) is 7.09. The van der Waals surface area contributed by atoms with Gasteiger partial charge in [-0.2, -0.15) is 0 Å². The molecule has 30 heavy (non-hydrogen) atoms. The average molecular weight is 411 g/mol. The van der Waals surface area contributed by atoms with E-state index in [9.17, 15) is 14.4 Å². The van der Waals surface area contributed by atoms with Gasteiger partial charge in [0.1, 0.15) is 11.5 Å². The monoisotopic (exact) mass is 411 g/mol. The summed E-state index contributed by atoms with van der Waals surface area (Å²) in [6.07, 6.45) is 1.85. The van der Waals surface area contributed by atoms with Crippen LogP contribution in [0.15, 0.2) is 30.3 Å². The minimum Gasteiger partial charge on any atom is -0.497 e. The van der Waals surface area contributed by atoms with E-state index in [0.717, 1.165) is 12.0 Å². The number of aldehydes is 1. The van der Waals surface area contributed by atoms with Gasteiger partial charge in [0.2, 0.25) is 0 Å². The van der Waals surface area contributed by atoms with Gasteiger partial charge in [0.05, 0.1) is 26.9 Å². The van der Waals surface area contributed by atoms with Crippen LogP contribution in [0.5, 0.6) is 17.2 Å². The third kappa shape index (κ3) is 4.15. The van der Waals surface area contributed by atoms with Crippen molar-refractivity contribution in [2.75, 3.05) is 26.6 Å². The molecule has 0 spiro atoms. The van der Waals surface area contributed by atoms with Gasteiger partial charge in [-0.15, -0.1) is 0 Å². The predicted molar refractivity (Wildman–Crippen MR) is 112 cm³/mol. The number of amides is 1. The normalized spacial score (nSPS) is 17.1. The van der Waals surface area contributed by atoms with Crippen LogP contribution in [0.2, 0.25) is 0 Å². The molecule has 2 aromatic carbocycles. The van der Waals surface area contributed by atoms with Gasteiger partial charge in [-0.3, -0.25) is 14.4 Å². The van der Waals surface area contributed by atoms with Gasteiger partial charge in [0.25, 0.3) is 5.91 Å². The maximum Gasteiger partial charge on any atom is 0.255 e. The van der Waals surface area contributed by atoms with Gasteiger partial charge < -0.3 is 19.5 Å². The SMILES string of the molecule is CCC(=O)[C@@H]1CC1c1cc(OC)ccc1C(=O)Nc1cc(C=O)c(OC)c(OC)c1. The molecule has 158 valence electrons. The molecule has 7 heteroatoms. The summed E-state index contributed by atoms with van der Waals surface area (Å²) in [6.45, 7) is 1.85. The fourth-order valence-electron chi connectivity index (χ4n) is 3.69. The Labute approximate surface area is 175 Å². The lowest BCUT2D eigenvalue weighted by Crippen LogP contribution is -2.15. The van der Waals surface area contributed by atoms with Crippen molar-refractivity contribution >= 4 is 23.7 Å². The molecule has 0 bridgehead atoms. The van der Waals surface area contributed by atoms with E-state index < -0.39 is 0 Å². The molecule has 7 nitrogen and oxygen atoms in total. The van der Waals surface area contributed by atoms with Crippen molar-refractivity contribution in [1.29, 1.82) is 0 Å². The molecular weight excluding hydrogens is 386 g/mol. The summed E-state index contributed by atoms with van der Waals surface area (Å²) in [5.41, 5.74) is 1.92. The third-order valence-electron chi connectivity index (χ3n) is 5.35. The largest absolute Gasteiger partial charge is 0.497 e. The van der Waals surface area contributed by atoms with Gasteiger partial charge in [-0.05, 0) is 42.2 Å². The standard InChI is InChI=1S/C23H25NO6/c1-5-20(26)19-11-18(19)17-10-15(28-2)6-7-16(17)23(27)24-14-8-13(12-25)22(30-4)21(9-14)29-3/h6-10,12,18-19H,5,11H2,1-4H3,(H,24,27)/t18?,19-/m1/s1. The summed E-state index contributed by atoms with van der Waals surface area (Å²) in [4.78, 5) is 36.6. The molecule has 1 aliphatic rings. The maximum atomic E-state index is 13.1. The predicted octanol–water partition coefficient (Wildman–Crippen LogP) is 3.86. The van der Waals surface area contributed by atoms with E-state index in [2.05, 4.69) is 5.32 Å². The highest BCUT2D eigenvalue weighted by atomic mass is 16.5. The molecule has 0 saturated heterocycles. The number of nitrogens with one attached hydrogen (secondary N) is 1. The topological polar surface area (TPSA) is 90.9 Å². The van der Waals surface area contributed by atoms with Gasteiger partial charge in [-0.1, -0.05) is 6.92 Å². The van der Waals surface area contributed by atoms with E-state index in [1.807, 2.05) is 13.0 Å². The molecule has 0 heterocycles. The van der Waals surface area contributed by atoms with E-state index in [1.54, 1.807) is 25.3 Å². The molecule has 1 unspecified atom stereocenters. The summed E-state index contributed by atoms with van der Waals surface area (Å²) < 4.78 is 15.8. The van der Waals surface area contributed by atoms with Crippen LogP contribution in [-0.2, 0) is 4.79 Å². The summed E-state index contributed by atoms with van der Waals surface area (Å²) in [5.74, 6) is 1.07. The summed E-state index contributed by atoms with van der Waals surface area (Å²) in [5, 5.41) is 2.82. The third-order valence-corrected chi connectivity index (χ3v) is 5.35. The van der Waals surface area contributed by atoms with Crippen LogP contribution in [0.4, 0.5) is 5.69 Å². The Kier molecular flexibility index (Phi) is 6.40. The van der Waals surface area contributed by atoms with E-state index in [0.29, 0.717) is 41.2 Å². The fraction of sp³-hybridized carbons (Fsp3) is 0.348. The van der Waals surface area contributed by atoms with Crippen LogP contribution in [-0.4, -0.2) is 39.3 Å². The molecule has 1 amide bonds. The molecule has 3 rings (SSSR count). The van der Waals surface area contributed by atoms with Crippen molar-refractivity contribution in [3.05, 3.63) is 47.0 Å². The minimum atomic E-state index is -0.341. The average Bonchev–Trinajstić information content (AvgIpc) is 3.58. The molecule has 1 aliphatic carbocycles. The molecule has 0 aromatic heterocycles. The summed E-state index contributed by atoms with van der Waals surface area (Å²) in [7, 11) is 4.46. The Bertz CT molecular complexity index is 984. The zero-order chi connectivity index (χ0) is 21.8. The quantitative estimate of drug-likeness (QED) is 0.630. The zero-order valence-corrected chi connectivity index (χ0v) is 17.5. The van der Waals surface area contributed by atoms with Crippen molar-refractivity contribution in [3.8, 4) is 17.2 Å². The first-order valence-corrected chi connectivity index (χ1v) is 9.70. The number of Topliss-reactive ketones (excluding diaryl/α,β-unsaturated/α-hetero) is 1. The second-order valence-electron chi connectivity index (χ2n) is 7.09. The Morgan fingerprint density at radius 1 is 1.10 bits per heavy atom. The van der Waals surface area contributed by atoms with Gasteiger partial charge >= 0.3 is 0 Å². The lowest BCUT2D eigenvalue weighted by atomic mass is 9.99.